The van der Waals surface area contributed by atoms with Crippen LogP contribution in [-0.4, -0.2) is 6.71 Å². The van der Waals surface area contributed by atoms with E-state index in [1.165, 1.54) is 51.3 Å². The van der Waals surface area contributed by atoms with Crippen LogP contribution >= 0.6 is 17.0 Å². The molecule has 0 bridgehead atoms. The summed E-state index contributed by atoms with van der Waals surface area (Å²) < 4.78 is 0. The number of hydrogen-bond acceptors (Lipinski definition) is 0. The Morgan fingerprint density at radius 1 is 0.762 bits per heavy atom. The molecule has 3 fully saturated rings. The Morgan fingerprint density at radius 3 is 1.67 bits per heavy atom. The zero-order valence-corrected chi connectivity index (χ0v) is 18.4. The van der Waals surface area contributed by atoms with Crippen LogP contribution in [0.4, 0.5) is 0 Å². The third kappa shape index (κ3) is 11.7. The fourth-order valence-electron chi connectivity index (χ4n) is 3.99. The number of fused-ring (bicyclic) bond motifs is 1. The van der Waals surface area contributed by atoms with Gasteiger partial charge in [-0.25, -0.2) is 0 Å². The van der Waals surface area contributed by atoms with E-state index in [9.17, 15) is 0 Å². The monoisotopic (exact) mass is 410 g/mol. The number of rotatable bonds is 0. The molecule has 21 heavy (non-hydrogen) atoms. The van der Waals surface area contributed by atoms with Crippen LogP contribution in [0.15, 0.2) is 0 Å². The third-order valence-electron chi connectivity index (χ3n) is 5.05. The minimum absolute atomic E-state index is 0. The van der Waals surface area contributed by atoms with Crippen LogP contribution in [0.5, 0.6) is 0 Å². The van der Waals surface area contributed by atoms with Gasteiger partial charge in [-0.3, -0.25) is 0 Å². The van der Waals surface area contributed by atoms with E-state index in [1.807, 2.05) is 0 Å². The van der Waals surface area contributed by atoms with Crippen LogP contribution < -0.4 is 0 Å². The van der Waals surface area contributed by atoms with Crippen molar-refractivity contribution in [3.63, 3.8) is 0 Å². The van der Waals surface area contributed by atoms with Crippen molar-refractivity contribution in [2.45, 2.75) is 83.7 Å². The van der Waals surface area contributed by atoms with Crippen molar-refractivity contribution < 1.29 is 20.8 Å². The molecule has 4 heteroatoms. The topological polar surface area (TPSA) is 0 Å². The normalized spacial score (nSPS) is 26.3. The zero-order chi connectivity index (χ0) is 13.9. The van der Waals surface area contributed by atoms with Crippen molar-refractivity contribution in [1.82, 2.24) is 0 Å². The average molecular weight is 412 g/mol. The van der Waals surface area contributed by atoms with Gasteiger partial charge in [0.15, 0.2) is 0 Å². The van der Waals surface area contributed by atoms with Gasteiger partial charge < -0.3 is 14.9 Å². The first kappa shape index (κ1) is 24.8. The van der Waals surface area contributed by atoms with Crippen LogP contribution in [0.25, 0.3) is 0 Å². The Kier molecular flexibility index (Phi) is 19.3. The van der Waals surface area contributed by atoms with Crippen LogP contribution in [0.2, 0.25) is 19.5 Å². The molecule has 1 saturated heterocycles. The van der Waals surface area contributed by atoms with Gasteiger partial charge >= 0.3 is 37.9 Å². The second-order valence-electron chi connectivity index (χ2n) is 6.56. The van der Waals surface area contributed by atoms with E-state index in [0.717, 1.165) is 18.5 Å². The van der Waals surface area contributed by atoms with Crippen molar-refractivity contribution in [3.05, 3.63) is 14.9 Å². The molecule has 0 aromatic carbocycles. The summed E-state index contributed by atoms with van der Waals surface area (Å²) in [6, 6.07) is 0. The van der Waals surface area contributed by atoms with Crippen LogP contribution in [0, 0.1) is 26.7 Å². The van der Waals surface area contributed by atoms with Crippen molar-refractivity contribution in [2.24, 2.45) is 11.8 Å². The molecule has 0 nitrogen and oxygen atoms in total. The molecule has 2 atom stereocenters. The minimum atomic E-state index is -0.826. The summed E-state index contributed by atoms with van der Waals surface area (Å²) in [5.74, 6) is 2.27. The fraction of sp³-hybridized carbons (Fsp3) is 0.882. The Labute approximate surface area is 154 Å². The molecule has 0 aromatic rings. The maximum atomic E-state index is 4.93. The van der Waals surface area contributed by atoms with E-state index >= 15 is 0 Å². The quantitative estimate of drug-likeness (QED) is 0.285. The number of halogens is 2. The van der Waals surface area contributed by atoms with Gasteiger partial charge in [-0.05, 0) is 11.8 Å². The van der Waals surface area contributed by atoms with Crippen LogP contribution in [0.1, 0.15) is 64.2 Å². The summed E-state index contributed by atoms with van der Waals surface area (Å²) in [6.45, 7) is 3.47. The maximum absolute atomic E-state index is 4.93. The molecular formula is C17H35BCl2Zr. The summed E-state index contributed by atoms with van der Waals surface area (Å²) in [6.07, 6.45) is 18.3. The Balaban J connectivity index is 0. The van der Waals surface area contributed by atoms with E-state index in [1.54, 1.807) is 25.6 Å². The molecule has 124 valence electrons. The second kappa shape index (κ2) is 16.4. The van der Waals surface area contributed by atoms with E-state index in [4.69, 9.17) is 17.0 Å². The van der Waals surface area contributed by atoms with E-state index < -0.39 is 20.8 Å². The van der Waals surface area contributed by atoms with E-state index in [2.05, 4.69) is 6.82 Å². The second-order valence-corrected chi connectivity index (χ2v) is 10.3. The van der Waals surface area contributed by atoms with Crippen molar-refractivity contribution in [1.29, 1.82) is 0 Å². The van der Waals surface area contributed by atoms with Gasteiger partial charge in [0.25, 0.3) is 0 Å². The summed E-state index contributed by atoms with van der Waals surface area (Å²) in [4.78, 5) is 0. The van der Waals surface area contributed by atoms with Gasteiger partial charge in [0.2, 0.25) is 0 Å². The summed E-state index contributed by atoms with van der Waals surface area (Å²) in [7, 11) is 9.87. The van der Waals surface area contributed by atoms with Crippen molar-refractivity contribution >= 4 is 23.7 Å². The molecule has 1 heterocycles. The van der Waals surface area contributed by atoms with Crippen LogP contribution in [-0.2, 0) is 20.8 Å². The number of hydrogen-bond donors (Lipinski definition) is 0. The van der Waals surface area contributed by atoms with Gasteiger partial charge in [0, 0.05) is 0 Å². The molecule has 3 aliphatic rings. The van der Waals surface area contributed by atoms with Crippen LogP contribution in [0.3, 0.4) is 0 Å². The molecule has 3 rings (SSSR count). The van der Waals surface area contributed by atoms with Gasteiger partial charge in [0.05, 0.1) is 0 Å². The van der Waals surface area contributed by atoms with Gasteiger partial charge in [-0.1, -0.05) is 83.7 Å². The summed E-state index contributed by atoms with van der Waals surface area (Å²) >= 11 is -0.826. The average Bonchev–Trinajstić information content (AvgIpc) is 2.98. The SMILES string of the molecule is C1CCCC1.CB1CCC2CCCCC2C1.[CH3-].[CH3-].[Cl][Zr+2][Cl]. The first-order chi connectivity index (χ1) is 9.27. The predicted octanol–water partition coefficient (Wildman–Crippen LogP) is 7.55. The van der Waals surface area contributed by atoms with E-state index in [-0.39, 0.29) is 14.9 Å². The molecule has 0 radical (unpaired) electrons. The Morgan fingerprint density at radius 2 is 1.19 bits per heavy atom. The summed E-state index contributed by atoms with van der Waals surface area (Å²) in [5.41, 5.74) is 0. The molecule has 0 N–H and O–H groups in total. The van der Waals surface area contributed by atoms with E-state index in [0.29, 0.717) is 0 Å². The van der Waals surface area contributed by atoms with Crippen molar-refractivity contribution in [3.8, 4) is 0 Å². The Hall–Kier alpha value is 1.53. The predicted molar refractivity (Wildman–Crippen MR) is 98.9 cm³/mol. The molecule has 2 saturated carbocycles. The van der Waals surface area contributed by atoms with Gasteiger partial charge in [-0.2, -0.15) is 0 Å². The summed E-state index contributed by atoms with van der Waals surface area (Å²) in [5, 5.41) is 0. The van der Waals surface area contributed by atoms with Gasteiger partial charge in [-0.15, -0.1) is 0 Å². The first-order valence-electron chi connectivity index (χ1n) is 8.24. The molecule has 2 unspecified atom stereocenters. The standard InChI is InChI=1S/C10H19B.C5H10.2CH3.2ClH.Zr/c1-11-7-6-9-4-2-3-5-10(9)8-11;1-2-4-5-3-1;;;;;/h9-10H,2-8H2,1H3;1-5H2;2*1H3;2*1H;/q;;2*-1;;;+4/p-2. The first-order valence-corrected chi connectivity index (χ1v) is 14.6. The van der Waals surface area contributed by atoms with Crippen molar-refractivity contribution in [2.75, 3.05) is 0 Å². The Bertz CT molecular complexity index is 205. The molecular weight excluding hydrogens is 377 g/mol. The molecule has 0 aromatic heterocycles. The molecule has 1 aliphatic heterocycles. The third-order valence-corrected chi connectivity index (χ3v) is 5.05. The zero-order valence-electron chi connectivity index (χ0n) is 14.5. The fourth-order valence-corrected chi connectivity index (χ4v) is 3.99. The van der Waals surface area contributed by atoms with Gasteiger partial charge in [0.1, 0.15) is 6.71 Å². The molecule has 0 amide bonds. The molecule has 0 spiro atoms. The molecule has 2 aliphatic carbocycles.